The summed E-state index contributed by atoms with van der Waals surface area (Å²) in [5.74, 6) is 0.513. The quantitative estimate of drug-likeness (QED) is 0.360. The van der Waals surface area contributed by atoms with Gasteiger partial charge in [-0.2, -0.15) is 0 Å². The standard InChI is InChI=1S/C29H29ClF2N4S/c1-5-35(4)21-15-25-26(24-11-9-20(33-24)13-18(3)31)27(22-10-8-19(32)14-23(22)30)34-29(36(25)16-21)28-17(2)7-6-12-37-28/h5-6,8-14,18,21,27-28H,1-2,7,15-16H2,3-4H3/b20-13+/t18?,21-,27-,28?/m0/s1. The highest BCUT2D eigenvalue weighted by Gasteiger charge is 2.43. The number of amidine groups is 1. The first kappa shape index (κ1) is 25.7. The van der Waals surface area contributed by atoms with Crippen molar-refractivity contribution >= 4 is 34.9 Å². The summed E-state index contributed by atoms with van der Waals surface area (Å²) < 4.78 is 27.8. The number of fused-ring (bicyclic) bond motifs is 1. The molecule has 4 atom stereocenters. The van der Waals surface area contributed by atoms with Crippen LogP contribution in [0.15, 0.2) is 99.8 Å². The summed E-state index contributed by atoms with van der Waals surface area (Å²) in [4.78, 5) is 14.5. The van der Waals surface area contributed by atoms with Crippen molar-refractivity contribution in [3.05, 3.63) is 106 Å². The van der Waals surface area contributed by atoms with E-state index in [0.29, 0.717) is 16.3 Å². The van der Waals surface area contributed by atoms with Crippen molar-refractivity contribution in [3.63, 3.8) is 0 Å². The number of benzene rings is 1. The van der Waals surface area contributed by atoms with Gasteiger partial charge in [0, 0.05) is 41.9 Å². The molecule has 2 unspecified atom stereocenters. The van der Waals surface area contributed by atoms with Gasteiger partial charge in [-0.05, 0) is 55.3 Å². The Morgan fingerprint density at radius 3 is 2.84 bits per heavy atom. The summed E-state index contributed by atoms with van der Waals surface area (Å²) in [6.45, 7) is 10.5. The summed E-state index contributed by atoms with van der Waals surface area (Å²) >= 11 is 8.31. The predicted octanol–water partition coefficient (Wildman–Crippen LogP) is 7.16. The van der Waals surface area contributed by atoms with E-state index in [4.69, 9.17) is 21.6 Å². The monoisotopic (exact) mass is 538 g/mol. The fourth-order valence-corrected chi connectivity index (χ4v) is 6.37. The lowest BCUT2D eigenvalue weighted by atomic mass is 9.90. The predicted molar refractivity (Wildman–Crippen MR) is 151 cm³/mol. The molecule has 4 aliphatic rings. The number of alkyl halides is 1. The average Bonchev–Trinajstić information content (AvgIpc) is 3.50. The van der Waals surface area contributed by atoms with Crippen molar-refractivity contribution < 1.29 is 8.78 Å². The molecule has 0 amide bonds. The van der Waals surface area contributed by atoms with Crippen LogP contribution in [0.25, 0.3) is 0 Å². The Morgan fingerprint density at radius 2 is 2.14 bits per heavy atom. The SMILES string of the molecule is C=CN(C)[C@H]1CC2=C(C3=N/C(=C/C(C)F)C=C3)[C@H](c3ccc(F)cc3Cl)N=C(C3SC=CCC3=C)N2C1. The number of hydrogen-bond donors (Lipinski definition) is 0. The number of aliphatic imine (C=N–C) groups is 2. The van der Waals surface area contributed by atoms with Crippen molar-refractivity contribution in [1.82, 2.24) is 9.80 Å². The van der Waals surface area contributed by atoms with Crippen LogP contribution in [0.2, 0.25) is 5.02 Å². The fourth-order valence-electron chi connectivity index (χ4n) is 5.13. The number of nitrogens with zero attached hydrogens (tertiary/aromatic N) is 4. The summed E-state index contributed by atoms with van der Waals surface area (Å²) in [5, 5.41) is 2.39. The molecule has 0 bridgehead atoms. The molecule has 1 fully saturated rings. The molecule has 1 aromatic carbocycles. The fraction of sp³-hybridized carbons (Fsp3) is 0.310. The number of rotatable bonds is 6. The molecule has 5 rings (SSSR count). The minimum atomic E-state index is -1.12. The van der Waals surface area contributed by atoms with Crippen LogP contribution in [0.4, 0.5) is 8.78 Å². The molecule has 0 saturated carbocycles. The highest BCUT2D eigenvalue weighted by atomic mass is 35.5. The molecule has 8 heteroatoms. The van der Waals surface area contributed by atoms with Gasteiger partial charge in [0.25, 0.3) is 0 Å². The Morgan fingerprint density at radius 1 is 1.32 bits per heavy atom. The van der Waals surface area contributed by atoms with Crippen molar-refractivity contribution in [2.24, 2.45) is 9.98 Å². The van der Waals surface area contributed by atoms with Crippen LogP contribution in [0.5, 0.6) is 0 Å². The van der Waals surface area contributed by atoms with Gasteiger partial charge >= 0.3 is 0 Å². The molecule has 4 aliphatic heterocycles. The molecule has 4 heterocycles. The first-order chi connectivity index (χ1) is 17.8. The molecular formula is C29H29ClF2N4S. The zero-order chi connectivity index (χ0) is 26.3. The highest BCUT2D eigenvalue weighted by molar-refractivity contribution is 8.03. The van der Waals surface area contributed by atoms with Crippen LogP contribution in [0.3, 0.4) is 0 Å². The summed E-state index contributed by atoms with van der Waals surface area (Å²) in [7, 11) is 2.02. The third kappa shape index (κ3) is 4.99. The van der Waals surface area contributed by atoms with Gasteiger partial charge < -0.3 is 9.80 Å². The maximum Gasteiger partial charge on any atom is 0.124 e. The van der Waals surface area contributed by atoms with E-state index in [1.54, 1.807) is 17.8 Å². The third-order valence-electron chi connectivity index (χ3n) is 7.03. The molecule has 0 aromatic heterocycles. The van der Waals surface area contributed by atoms with Gasteiger partial charge in [0.15, 0.2) is 0 Å². The van der Waals surface area contributed by atoms with E-state index >= 15 is 0 Å². The van der Waals surface area contributed by atoms with Gasteiger partial charge in [0.1, 0.15) is 23.9 Å². The lowest BCUT2D eigenvalue weighted by molar-refractivity contribution is 0.335. The second-order valence-corrected chi connectivity index (χ2v) is 11.0. The number of allylic oxidation sites excluding steroid dienone is 4. The van der Waals surface area contributed by atoms with Crippen LogP contribution >= 0.6 is 23.4 Å². The summed E-state index contributed by atoms with van der Waals surface area (Å²) in [6.07, 6.45) is 9.58. The van der Waals surface area contributed by atoms with Gasteiger partial charge in [-0.1, -0.05) is 42.5 Å². The van der Waals surface area contributed by atoms with E-state index in [-0.39, 0.29) is 11.3 Å². The Hall–Kier alpha value is -2.90. The van der Waals surface area contributed by atoms with Crippen LogP contribution in [0, 0.1) is 5.82 Å². The second-order valence-electron chi connectivity index (χ2n) is 9.58. The molecule has 37 heavy (non-hydrogen) atoms. The third-order valence-corrected chi connectivity index (χ3v) is 8.52. The Balaban J connectivity index is 1.71. The van der Waals surface area contributed by atoms with Crippen LogP contribution in [0.1, 0.15) is 31.4 Å². The summed E-state index contributed by atoms with van der Waals surface area (Å²) in [5.41, 5.74) is 5.08. The Labute approximate surface area is 226 Å². The molecule has 4 nitrogen and oxygen atoms in total. The van der Waals surface area contributed by atoms with Crippen molar-refractivity contribution in [1.29, 1.82) is 0 Å². The lowest BCUT2D eigenvalue weighted by Gasteiger charge is -2.37. The van der Waals surface area contributed by atoms with Crippen LogP contribution in [-0.2, 0) is 0 Å². The topological polar surface area (TPSA) is 31.2 Å². The molecule has 0 radical (unpaired) electrons. The first-order valence-corrected chi connectivity index (χ1v) is 13.6. The van der Waals surface area contributed by atoms with E-state index in [9.17, 15) is 8.78 Å². The number of halogens is 3. The number of likely N-dealkylation sites (N-methyl/N-ethyl adjacent to an activating group) is 1. The zero-order valence-electron chi connectivity index (χ0n) is 20.9. The first-order valence-electron chi connectivity index (χ1n) is 12.3. The molecule has 1 aromatic rings. The zero-order valence-corrected chi connectivity index (χ0v) is 22.4. The molecular weight excluding hydrogens is 510 g/mol. The Bertz CT molecular complexity index is 1320. The van der Waals surface area contributed by atoms with E-state index in [0.717, 1.165) is 47.8 Å². The molecule has 0 N–H and O–H groups in total. The minimum Gasteiger partial charge on any atom is -0.376 e. The maximum absolute atomic E-state index is 14.0. The highest BCUT2D eigenvalue weighted by Crippen LogP contribution is 2.45. The summed E-state index contributed by atoms with van der Waals surface area (Å²) in [6, 6.07) is 4.12. The van der Waals surface area contributed by atoms with E-state index in [1.807, 2.05) is 25.4 Å². The average molecular weight is 539 g/mol. The molecule has 0 aliphatic carbocycles. The smallest absolute Gasteiger partial charge is 0.124 e. The van der Waals surface area contributed by atoms with Gasteiger partial charge in [0.05, 0.1) is 22.7 Å². The van der Waals surface area contributed by atoms with Gasteiger partial charge in [0.2, 0.25) is 0 Å². The lowest BCUT2D eigenvalue weighted by Crippen LogP contribution is -2.42. The van der Waals surface area contributed by atoms with E-state index in [1.165, 1.54) is 25.1 Å². The van der Waals surface area contributed by atoms with Crippen LogP contribution < -0.4 is 0 Å². The maximum atomic E-state index is 14.0. The van der Waals surface area contributed by atoms with Crippen molar-refractivity contribution in [2.75, 3.05) is 13.6 Å². The largest absolute Gasteiger partial charge is 0.376 e. The van der Waals surface area contributed by atoms with Crippen LogP contribution in [-0.4, -0.2) is 52.4 Å². The van der Waals surface area contributed by atoms with Gasteiger partial charge in [-0.25, -0.2) is 13.8 Å². The molecule has 192 valence electrons. The molecule has 0 spiro atoms. The van der Waals surface area contributed by atoms with Crippen molar-refractivity contribution in [3.8, 4) is 0 Å². The van der Waals surface area contributed by atoms with E-state index in [2.05, 4.69) is 34.4 Å². The normalized spacial score (nSPS) is 26.9. The van der Waals surface area contributed by atoms with Gasteiger partial charge in [-0.3, -0.25) is 4.99 Å². The minimum absolute atomic E-state index is 0.0139. The van der Waals surface area contributed by atoms with Crippen molar-refractivity contribution in [2.45, 2.75) is 43.3 Å². The Kier molecular flexibility index (Phi) is 7.28. The van der Waals surface area contributed by atoms with Gasteiger partial charge in [-0.15, -0.1) is 11.8 Å². The number of hydrogen-bond acceptors (Lipinski definition) is 5. The molecule has 1 saturated heterocycles. The second kappa shape index (κ2) is 10.5. The number of thioether (sulfide) groups is 1. The van der Waals surface area contributed by atoms with E-state index < -0.39 is 18.0 Å².